The number of aromatic nitrogens is 2. The maximum atomic E-state index is 12.2. The lowest BCUT2D eigenvalue weighted by atomic mass is 10.1. The average Bonchev–Trinajstić information content (AvgIpc) is 2.46. The Morgan fingerprint density at radius 3 is 2.78 bits per heavy atom. The van der Waals surface area contributed by atoms with Crippen LogP contribution in [0.5, 0.6) is 11.8 Å². The maximum Gasteiger partial charge on any atom is 0.410 e. The molecule has 0 unspecified atom stereocenters. The van der Waals surface area contributed by atoms with Crippen LogP contribution in [0, 0.1) is 0 Å². The molecule has 2 rings (SSSR count). The summed E-state index contributed by atoms with van der Waals surface area (Å²) in [5.74, 6) is 0.941. The summed E-state index contributed by atoms with van der Waals surface area (Å²) in [5.41, 5.74) is -0.496. The largest absolute Gasteiger partial charge is 0.478 e. The molecule has 1 aliphatic heterocycles. The first-order valence-electron chi connectivity index (χ1n) is 7.97. The molecule has 1 aromatic heterocycles. The van der Waals surface area contributed by atoms with Gasteiger partial charge in [0, 0.05) is 6.54 Å². The van der Waals surface area contributed by atoms with Crippen LogP contribution in [0.3, 0.4) is 0 Å². The summed E-state index contributed by atoms with van der Waals surface area (Å²) >= 11 is 0. The average molecular weight is 323 g/mol. The molecule has 1 aliphatic rings. The summed E-state index contributed by atoms with van der Waals surface area (Å²) in [6.45, 7) is 9.18. The molecule has 0 radical (unpaired) electrons. The summed E-state index contributed by atoms with van der Waals surface area (Å²) < 4.78 is 16.6. The third kappa shape index (κ3) is 5.58. The number of piperidine rings is 1. The van der Waals surface area contributed by atoms with E-state index in [4.69, 9.17) is 14.2 Å². The van der Waals surface area contributed by atoms with E-state index in [1.807, 2.05) is 27.7 Å². The van der Waals surface area contributed by atoms with Gasteiger partial charge in [0.05, 0.1) is 19.2 Å². The molecule has 128 valence electrons. The van der Waals surface area contributed by atoms with Crippen LogP contribution in [-0.4, -0.2) is 52.4 Å². The zero-order chi connectivity index (χ0) is 16.9. The van der Waals surface area contributed by atoms with E-state index in [-0.39, 0.29) is 12.2 Å². The van der Waals surface area contributed by atoms with Crippen molar-refractivity contribution in [1.29, 1.82) is 0 Å². The highest BCUT2D eigenvalue weighted by atomic mass is 16.6. The molecular weight excluding hydrogens is 298 g/mol. The van der Waals surface area contributed by atoms with Crippen LogP contribution in [0.15, 0.2) is 12.4 Å². The molecule has 1 fully saturated rings. The van der Waals surface area contributed by atoms with E-state index >= 15 is 0 Å². The van der Waals surface area contributed by atoms with Crippen molar-refractivity contribution < 1.29 is 19.0 Å². The Hall–Kier alpha value is -2.05. The third-order valence-electron chi connectivity index (χ3n) is 3.23. The van der Waals surface area contributed by atoms with E-state index in [1.165, 1.54) is 6.33 Å². The van der Waals surface area contributed by atoms with E-state index in [2.05, 4.69) is 9.97 Å². The van der Waals surface area contributed by atoms with Crippen LogP contribution in [0.25, 0.3) is 0 Å². The Balaban J connectivity index is 1.93. The number of ether oxygens (including phenoxy) is 3. The van der Waals surface area contributed by atoms with Crippen molar-refractivity contribution in [3.63, 3.8) is 0 Å². The van der Waals surface area contributed by atoms with Crippen molar-refractivity contribution in [3.8, 4) is 11.8 Å². The summed E-state index contributed by atoms with van der Waals surface area (Å²) in [7, 11) is 0. The standard InChI is InChI=1S/C16H25N3O4/c1-5-21-13-9-14(18-11-17-13)22-12-7-6-8-19(10-12)15(20)23-16(2,3)4/h9,11-12H,5-8,10H2,1-4H3/t12-/m0/s1. The molecule has 1 aromatic rings. The first-order chi connectivity index (χ1) is 10.9. The second-order valence-corrected chi connectivity index (χ2v) is 6.44. The number of hydrogen-bond donors (Lipinski definition) is 0. The van der Waals surface area contributed by atoms with Crippen molar-refractivity contribution in [2.24, 2.45) is 0 Å². The number of nitrogens with zero attached hydrogens (tertiary/aromatic N) is 3. The van der Waals surface area contributed by atoms with E-state index in [0.717, 1.165) is 12.8 Å². The lowest BCUT2D eigenvalue weighted by Gasteiger charge is -2.33. The van der Waals surface area contributed by atoms with Gasteiger partial charge in [-0.25, -0.2) is 14.8 Å². The number of likely N-dealkylation sites (tertiary alicyclic amines) is 1. The van der Waals surface area contributed by atoms with Crippen molar-refractivity contribution in [2.45, 2.75) is 52.2 Å². The predicted molar refractivity (Wildman–Crippen MR) is 84.7 cm³/mol. The highest BCUT2D eigenvalue weighted by Gasteiger charge is 2.28. The molecule has 7 nitrogen and oxygen atoms in total. The Bertz CT molecular complexity index is 530. The van der Waals surface area contributed by atoms with Gasteiger partial charge < -0.3 is 19.1 Å². The zero-order valence-electron chi connectivity index (χ0n) is 14.2. The molecule has 1 saturated heterocycles. The quantitative estimate of drug-likeness (QED) is 0.848. The predicted octanol–water partition coefficient (Wildman–Crippen LogP) is 2.65. The van der Waals surface area contributed by atoms with Gasteiger partial charge in [0.1, 0.15) is 18.0 Å². The number of carbonyl (C=O) groups is 1. The van der Waals surface area contributed by atoms with Crippen LogP contribution < -0.4 is 9.47 Å². The third-order valence-corrected chi connectivity index (χ3v) is 3.23. The zero-order valence-corrected chi connectivity index (χ0v) is 14.2. The van der Waals surface area contributed by atoms with Gasteiger partial charge in [0.25, 0.3) is 0 Å². The summed E-state index contributed by atoms with van der Waals surface area (Å²) in [4.78, 5) is 21.9. The molecular formula is C16H25N3O4. The Kier molecular flexibility index (Phi) is 5.63. The lowest BCUT2D eigenvalue weighted by Crippen LogP contribution is -2.46. The molecule has 0 saturated carbocycles. The monoisotopic (exact) mass is 323 g/mol. The molecule has 2 heterocycles. The molecule has 0 aromatic carbocycles. The smallest absolute Gasteiger partial charge is 0.410 e. The van der Waals surface area contributed by atoms with Gasteiger partial charge >= 0.3 is 6.09 Å². The molecule has 0 aliphatic carbocycles. The maximum absolute atomic E-state index is 12.2. The van der Waals surface area contributed by atoms with Gasteiger partial charge in [0.15, 0.2) is 0 Å². The fraction of sp³-hybridized carbons (Fsp3) is 0.688. The summed E-state index contributed by atoms with van der Waals surface area (Å²) in [6.07, 6.45) is 2.74. The van der Waals surface area contributed by atoms with Gasteiger partial charge in [-0.05, 0) is 40.5 Å². The second-order valence-electron chi connectivity index (χ2n) is 6.44. The minimum absolute atomic E-state index is 0.111. The van der Waals surface area contributed by atoms with E-state index in [1.54, 1.807) is 11.0 Å². The highest BCUT2D eigenvalue weighted by Crippen LogP contribution is 2.20. The van der Waals surface area contributed by atoms with Gasteiger partial charge in [-0.1, -0.05) is 0 Å². The summed E-state index contributed by atoms with van der Waals surface area (Å²) in [5, 5.41) is 0. The molecule has 1 amide bonds. The van der Waals surface area contributed by atoms with Crippen LogP contribution in [-0.2, 0) is 4.74 Å². The van der Waals surface area contributed by atoms with Gasteiger partial charge in [0.2, 0.25) is 11.8 Å². The van der Waals surface area contributed by atoms with Crippen molar-refractivity contribution in [2.75, 3.05) is 19.7 Å². The van der Waals surface area contributed by atoms with Crippen molar-refractivity contribution in [3.05, 3.63) is 12.4 Å². The number of rotatable bonds is 4. The minimum atomic E-state index is -0.496. The highest BCUT2D eigenvalue weighted by molar-refractivity contribution is 5.68. The topological polar surface area (TPSA) is 73.8 Å². The van der Waals surface area contributed by atoms with E-state index in [0.29, 0.717) is 31.5 Å². The van der Waals surface area contributed by atoms with Crippen LogP contribution in [0.1, 0.15) is 40.5 Å². The Morgan fingerprint density at radius 1 is 1.35 bits per heavy atom. The Labute approximate surface area is 137 Å². The molecule has 0 N–H and O–H groups in total. The van der Waals surface area contributed by atoms with Gasteiger partial charge in [-0.3, -0.25) is 0 Å². The number of carbonyl (C=O) groups excluding carboxylic acids is 1. The van der Waals surface area contributed by atoms with Crippen LogP contribution >= 0.6 is 0 Å². The van der Waals surface area contributed by atoms with E-state index < -0.39 is 5.60 Å². The Morgan fingerprint density at radius 2 is 2.09 bits per heavy atom. The molecule has 7 heteroatoms. The number of hydrogen-bond acceptors (Lipinski definition) is 6. The van der Waals surface area contributed by atoms with Crippen LogP contribution in [0.4, 0.5) is 4.79 Å². The normalized spacial score (nSPS) is 18.4. The minimum Gasteiger partial charge on any atom is -0.478 e. The lowest BCUT2D eigenvalue weighted by molar-refractivity contribution is 0.00715. The molecule has 23 heavy (non-hydrogen) atoms. The van der Waals surface area contributed by atoms with E-state index in [9.17, 15) is 4.79 Å². The van der Waals surface area contributed by atoms with Crippen molar-refractivity contribution in [1.82, 2.24) is 14.9 Å². The second kappa shape index (κ2) is 7.48. The molecule has 1 atom stereocenters. The SMILES string of the molecule is CCOc1cc(O[C@H]2CCCN(C(=O)OC(C)(C)C)C2)ncn1. The molecule has 0 bridgehead atoms. The van der Waals surface area contributed by atoms with Crippen LogP contribution in [0.2, 0.25) is 0 Å². The molecule has 0 spiro atoms. The number of amides is 1. The van der Waals surface area contributed by atoms with Gasteiger partial charge in [-0.15, -0.1) is 0 Å². The first-order valence-corrected chi connectivity index (χ1v) is 7.97. The fourth-order valence-corrected chi connectivity index (χ4v) is 2.31. The summed E-state index contributed by atoms with van der Waals surface area (Å²) in [6, 6.07) is 1.66. The first kappa shape index (κ1) is 17.3. The van der Waals surface area contributed by atoms with Crippen molar-refractivity contribution >= 4 is 6.09 Å². The van der Waals surface area contributed by atoms with Gasteiger partial charge in [-0.2, -0.15) is 0 Å². The fourth-order valence-electron chi connectivity index (χ4n) is 2.31.